The van der Waals surface area contributed by atoms with E-state index in [1.807, 2.05) is 26.8 Å². The van der Waals surface area contributed by atoms with Crippen LogP contribution in [0.25, 0.3) is 16.7 Å². The van der Waals surface area contributed by atoms with Crippen LogP contribution in [0.2, 0.25) is 0 Å². The van der Waals surface area contributed by atoms with Gasteiger partial charge in [0.1, 0.15) is 16.8 Å². The van der Waals surface area contributed by atoms with Crippen LogP contribution in [0.4, 0.5) is 0 Å². The minimum absolute atomic E-state index is 0.0268. The molecule has 0 aromatic carbocycles. The van der Waals surface area contributed by atoms with Gasteiger partial charge in [-0.05, 0) is 38.5 Å². The summed E-state index contributed by atoms with van der Waals surface area (Å²) in [5.74, 6) is -0.417. The van der Waals surface area contributed by atoms with Gasteiger partial charge in [0.15, 0.2) is 0 Å². The number of amides is 1. The third-order valence-corrected chi connectivity index (χ3v) is 4.25. The van der Waals surface area contributed by atoms with E-state index in [9.17, 15) is 9.59 Å². The largest absolute Gasteiger partial charge is 0.348 e. The van der Waals surface area contributed by atoms with Gasteiger partial charge in [-0.15, -0.1) is 6.58 Å². The van der Waals surface area contributed by atoms with Gasteiger partial charge < -0.3 is 9.88 Å². The zero-order valence-electron chi connectivity index (χ0n) is 15.0. The second-order valence-corrected chi connectivity index (χ2v) is 6.41. The zero-order chi connectivity index (χ0) is 19.0. The number of carbonyl (C=O) groups is 1. The normalized spacial score (nSPS) is 11.2. The fourth-order valence-electron chi connectivity index (χ4n) is 2.99. The van der Waals surface area contributed by atoms with Crippen molar-refractivity contribution in [2.45, 2.75) is 26.8 Å². The Labute approximate surface area is 150 Å². The Hall–Kier alpha value is -3.22. The highest BCUT2D eigenvalue weighted by Gasteiger charge is 2.18. The van der Waals surface area contributed by atoms with Crippen LogP contribution in [-0.4, -0.2) is 26.4 Å². The summed E-state index contributed by atoms with van der Waals surface area (Å²) in [4.78, 5) is 30.1. The minimum atomic E-state index is -0.417. The third-order valence-electron chi connectivity index (χ3n) is 4.25. The van der Waals surface area contributed by atoms with Crippen molar-refractivity contribution in [3.63, 3.8) is 0 Å². The van der Waals surface area contributed by atoms with Gasteiger partial charge in [-0.1, -0.05) is 12.1 Å². The lowest BCUT2D eigenvalue weighted by Crippen LogP contribution is -2.35. The van der Waals surface area contributed by atoms with E-state index in [2.05, 4.69) is 16.9 Å². The first-order chi connectivity index (χ1) is 12.4. The van der Waals surface area contributed by atoms with E-state index in [1.54, 1.807) is 22.9 Å². The highest BCUT2D eigenvalue weighted by Crippen LogP contribution is 2.15. The molecule has 0 unspecified atom stereocenters. The van der Waals surface area contributed by atoms with Crippen LogP contribution in [0.1, 0.15) is 35.8 Å². The first-order valence-corrected chi connectivity index (χ1v) is 8.37. The number of nitrogens with one attached hydrogen (secondary N) is 2. The molecule has 0 fully saturated rings. The topological polar surface area (TPSA) is 92.2 Å². The van der Waals surface area contributed by atoms with Crippen molar-refractivity contribution in [3.8, 4) is 0 Å². The summed E-state index contributed by atoms with van der Waals surface area (Å²) in [6.07, 6.45) is 3.22. The molecule has 3 heterocycles. The highest BCUT2D eigenvalue weighted by atomic mass is 16.1. The van der Waals surface area contributed by atoms with E-state index in [0.717, 1.165) is 5.56 Å². The predicted octanol–water partition coefficient (Wildman–Crippen LogP) is 1.93. The molecule has 3 aromatic rings. The van der Waals surface area contributed by atoms with Crippen LogP contribution in [0.3, 0.4) is 0 Å². The molecule has 0 saturated heterocycles. The van der Waals surface area contributed by atoms with Crippen LogP contribution >= 0.6 is 0 Å². The lowest BCUT2D eigenvalue weighted by atomic mass is 10.1. The molecule has 2 N–H and O–H groups in total. The quantitative estimate of drug-likeness (QED) is 0.556. The Kier molecular flexibility index (Phi) is 4.46. The van der Waals surface area contributed by atoms with E-state index in [0.29, 0.717) is 16.7 Å². The molecule has 26 heavy (non-hydrogen) atoms. The Balaban J connectivity index is 2.47. The Bertz CT molecular complexity index is 1150. The van der Waals surface area contributed by atoms with Gasteiger partial charge in [0, 0.05) is 18.8 Å². The first-order valence-electron chi connectivity index (χ1n) is 8.37. The van der Waals surface area contributed by atoms with Crippen LogP contribution in [0.15, 0.2) is 41.8 Å². The van der Waals surface area contributed by atoms with Crippen LogP contribution < -0.4 is 16.4 Å². The molecule has 0 bridgehead atoms. The Morgan fingerprint density at radius 1 is 1.42 bits per heavy atom. The summed E-state index contributed by atoms with van der Waals surface area (Å²) in [5, 5.41) is 11.5. The molecule has 0 spiro atoms. The van der Waals surface area contributed by atoms with E-state index in [4.69, 9.17) is 5.41 Å². The standard InChI is InChI=1S/C19H21N5O2/c1-5-8-21-18(25)13-10-14-17(24(11(2)3)15(13)20)22-16-12(4)7-6-9-23(16)19(14)26/h5-7,9-11,20H,1,8H2,2-4H3,(H,21,25). The molecule has 0 aliphatic rings. The van der Waals surface area contributed by atoms with Crippen molar-refractivity contribution in [1.29, 1.82) is 5.41 Å². The van der Waals surface area contributed by atoms with Gasteiger partial charge in [-0.25, -0.2) is 4.98 Å². The van der Waals surface area contributed by atoms with Crippen LogP contribution in [-0.2, 0) is 0 Å². The number of rotatable bonds is 4. The summed E-state index contributed by atoms with van der Waals surface area (Å²) in [6.45, 7) is 9.52. The van der Waals surface area contributed by atoms with Gasteiger partial charge >= 0.3 is 0 Å². The zero-order valence-corrected chi connectivity index (χ0v) is 15.0. The summed E-state index contributed by atoms with van der Waals surface area (Å²) in [6, 6.07) is 4.98. The van der Waals surface area contributed by atoms with Crippen molar-refractivity contribution < 1.29 is 4.79 Å². The third kappa shape index (κ3) is 2.71. The SMILES string of the molecule is C=CCNC(=O)c1cc2c(=O)n3cccc(C)c3nc2n(C(C)C)c1=N. The van der Waals surface area contributed by atoms with Gasteiger partial charge in [-0.2, -0.15) is 0 Å². The molecule has 0 radical (unpaired) electrons. The number of aryl methyl sites for hydroxylation is 1. The number of hydrogen-bond donors (Lipinski definition) is 2. The molecule has 7 heteroatoms. The van der Waals surface area contributed by atoms with E-state index in [-0.39, 0.29) is 29.2 Å². The molecule has 3 aromatic heterocycles. The lowest BCUT2D eigenvalue weighted by Gasteiger charge is -2.17. The molecule has 0 atom stereocenters. The maximum atomic E-state index is 13.0. The number of nitrogens with zero attached hydrogens (tertiary/aromatic N) is 3. The summed E-state index contributed by atoms with van der Waals surface area (Å²) < 4.78 is 3.09. The Morgan fingerprint density at radius 3 is 2.81 bits per heavy atom. The maximum Gasteiger partial charge on any atom is 0.267 e. The van der Waals surface area contributed by atoms with E-state index >= 15 is 0 Å². The van der Waals surface area contributed by atoms with Gasteiger partial charge in [0.05, 0.1) is 10.9 Å². The molecule has 0 aliphatic carbocycles. The van der Waals surface area contributed by atoms with Gasteiger partial charge in [-0.3, -0.25) is 19.4 Å². The average molecular weight is 351 g/mol. The molecule has 0 saturated carbocycles. The monoisotopic (exact) mass is 351 g/mol. The number of fused-ring (bicyclic) bond motifs is 2. The second kappa shape index (κ2) is 6.59. The molecule has 0 aliphatic heterocycles. The van der Waals surface area contributed by atoms with E-state index < -0.39 is 5.91 Å². The number of aromatic nitrogens is 3. The minimum Gasteiger partial charge on any atom is -0.348 e. The summed E-state index contributed by atoms with van der Waals surface area (Å²) in [5.41, 5.74) is 1.72. The average Bonchev–Trinajstić information content (AvgIpc) is 2.60. The van der Waals surface area contributed by atoms with Crippen molar-refractivity contribution in [2.24, 2.45) is 0 Å². The van der Waals surface area contributed by atoms with Crippen LogP contribution in [0.5, 0.6) is 0 Å². The smallest absolute Gasteiger partial charge is 0.267 e. The molecule has 7 nitrogen and oxygen atoms in total. The van der Waals surface area contributed by atoms with Gasteiger partial charge in [0.2, 0.25) is 0 Å². The molecule has 1 amide bonds. The summed E-state index contributed by atoms with van der Waals surface area (Å²) in [7, 11) is 0. The molecule has 3 rings (SSSR count). The first kappa shape index (κ1) is 17.6. The highest BCUT2D eigenvalue weighted by molar-refractivity contribution is 5.96. The summed E-state index contributed by atoms with van der Waals surface area (Å²) >= 11 is 0. The lowest BCUT2D eigenvalue weighted by molar-refractivity contribution is 0.0955. The van der Waals surface area contributed by atoms with Crippen molar-refractivity contribution in [2.75, 3.05) is 6.54 Å². The van der Waals surface area contributed by atoms with Gasteiger partial charge in [0.25, 0.3) is 11.5 Å². The maximum absolute atomic E-state index is 13.0. The number of pyridine rings is 2. The fraction of sp³-hybridized carbons (Fsp3) is 0.263. The fourth-order valence-corrected chi connectivity index (χ4v) is 2.99. The Morgan fingerprint density at radius 2 is 2.15 bits per heavy atom. The molecular formula is C19H21N5O2. The van der Waals surface area contributed by atoms with E-state index in [1.165, 1.54) is 10.5 Å². The van der Waals surface area contributed by atoms with Crippen molar-refractivity contribution in [1.82, 2.24) is 19.3 Å². The van der Waals surface area contributed by atoms with Crippen LogP contribution in [0, 0.1) is 12.3 Å². The number of carbonyl (C=O) groups excluding carboxylic acids is 1. The molecule has 134 valence electrons. The predicted molar refractivity (Wildman–Crippen MR) is 100 cm³/mol. The molecular weight excluding hydrogens is 330 g/mol. The van der Waals surface area contributed by atoms with Crippen molar-refractivity contribution in [3.05, 3.63) is 64.0 Å². The second-order valence-electron chi connectivity index (χ2n) is 6.41. The number of hydrogen-bond acceptors (Lipinski definition) is 4. The van der Waals surface area contributed by atoms with Crippen molar-refractivity contribution >= 4 is 22.6 Å².